The second kappa shape index (κ2) is 9.39. The van der Waals surface area contributed by atoms with Crippen LogP contribution in [-0.2, 0) is 10.3 Å². The minimum absolute atomic E-state index is 0.000991. The highest BCUT2D eigenvalue weighted by molar-refractivity contribution is 7.99. The fourth-order valence-corrected chi connectivity index (χ4v) is 5.35. The Kier molecular flexibility index (Phi) is 6.17. The van der Waals surface area contributed by atoms with E-state index in [2.05, 4.69) is 16.4 Å². The molecule has 1 aromatic heterocycles. The lowest BCUT2D eigenvalue weighted by atomic mass is 9.87. The van der Waals surface area contributed by atoms with Gasteiger partial charge in [-0.05, 0) is 54.8 Å². The van der Waals surface area contributed by atoms with Gasteiger partial charge >= 0.3 is 0 Å². The third-order valence-electron chi connectivity index (χ3n) is 6.22. The highest BCUT2D eigenvalue weighted by Crippen LogP contribution is 2.42. The number of nitrogens with zero attached hydrogens (tertiary/aromatic N) is 2. The van der Waals surface area contributed by atoms with Crippen LogP contribution in [0.1, 0.15) is 31.2 Å². The van der Waals surface area contributed by atoms with Crippen LogP contribution in [0.3, 0.4) is 0 Å². The smallest absolute Gasteiger partial charge is 0.231 e. The summed E-state index contributed by atoms with van der Waals surface area (Å²) in [6.45, 7) is 1.12. The second-order valence-electron chi connectivity index (χ2n) is 8.26. The molecule has 2 aliphatic rings. The summed E-state index contributed by atoms with van der Waals surface area (Å²) in [6, 6.07) is 13.8. The molecular weight excluding hydrogens is 438 g/mol. The van der Waals surface area contributed by atoms with Crippen molar-refractivity contribution in [2.75, 3.05) is 26.1 Å². The zero-order valence-electron chi connectivity index (χ0n) is 18.6. The summed E-state index contributed by atoms with van der Waals surface area (Å²) in [5, 5.41) is 4.12. The number of thioether (sulfide) groups is 1. The summed E-state index contributed by atoms with van der Waals surface area (Å²) in [5.41, 5.74) is 1.70. The van der Waals surface area contributed by atoms with Crippen molar-refractivity contribution in [3.63, 3.8) is 0 Å². The number of hydrogen-bond acceptors (Lipinski definition) is 6. The molecule has 0 spiro atoms. The average Bonchev–Trinajstić information content (AvgIpc) is 3.53. The molecule has 7 nitrogen and oxygen atoms in total. The van der Waals surface area contributed by atoms with Crippen LogP contribution >= 0.6 is 11.8 Å². The van der Waals surface area contributed by atoms with Gasteiger partial charge in [-0.15, -0.1) is 0 Å². The topological polar surface area (TPSA) is 74.6 Å². The number of amides is 1. The van der Waals surface area contributed by atoms with E-state index in [4.69, 9.17) is 14.2 Å². The zero-order chi connectivity index (χ0) is 22.7. The molecule has 1 fully saturated rings. The maximum atomic E-state index is 13.1. The molecule has 0 bridgehead atoms. The van der Waals surface area contributed by atoms with Crippen molar-refractivity contribution in [3.05, 3.63) is 60.4 Å². The lowest BCUT2D eigenvalue weighted by Gasteiger charge is -2.32. The van der Waals surface area contributed by atoms with Crippen molar-refractivity contribution in [2.24, 2.45) is 0 Å². The Labute approximate surface area is 197 Å². The molecule has 2 heterocycles. The molecule has 0 unspecified atom stereocenters. The van der Waals surface area contributed by atoms with Gasteiger partial charge in [-0.3, -0.25) is 9.36 Å². The first-order chi connectivity index (χ1) is 16.2. The first kappa shape index (κ1) is 21.7. The maximum absolute atomic E-state index is 13.1. The van der Waals surface area contributed by atoms with Gasteiger partial charge in [-0.25, -0.2) is 4.98 Å². The Morgan fingerprint density at radius 2 is 1.88 bits per heavy atom. The number of benzene rings is 2. The molecular formula is C25H27N3O4S. The van der Waals surface area contributed by atoms with E-state index in [0.717, 1.165) is 59.3 Å². The Hall–Kier alpha value is -3.13. The molecule has 0 saturated heterocycles. The standard InChI is InChI=1S/C25H27N3O4S/c1-30-20-7-5-19(6-8-20)28-13-12-26-24(28)33-17-23(29)27-25(10-2-3-11-25)18-4-9-21-22(16-18)32-15-14-31-21/h4-9,12-13,16H,2-3,10-11,14-15,17H2,1H3,(H,27,29). The summed E-state index contributed by atoms with van der Waals surface area (Å²) >= 11 is 1.43. The SMILES string of the molecule is COc1ccc(-n2ccnc2SCC(=O)NC2(c3ccc4c(c3)OCCO4)CCCC2)cc1. The Morgan fingerprint density at radius 1 is 1.12 bits per heavy atom. The Bertz CT molecular complexity index is 1120. The van der Waals surface area contributed by atoms with Crippen molar-refractivity contribution in [1.29, 1.82) is 0 Å². The number of carbonyl (C=O) groups excluding carboxylic acids is 1. The summed E-state index contributed by atoms with van der Waals surface area (Å²) in [5.74, 6) is 2.62. The van der Waals surface area contributed by atoms with E-state index in [0.29, 0.717) is 19.0 Å². The van der Waals surface area contributed by atoms with Crippen LogP contribution in [-0.4, -0.2) is 41.5 Å². The lowest BCUT2D eigenvalue weighted by molar-refractivity contribution is -0.120. The molecule has 0 radical (unpaired) electrons. The second-order valence-corrected chi connectivity index (χ2v) is 9.20. The van der Waals surface area contributed by atoms with Crippen molar-refractivity contribution in [2.45, 2.75) is 36.4 Å². The van der Waals surface area contributed by atoms with Gasteiger partial charge in [0.1, 0.15) is 19.0 Å². The van der Waals surface area contributed by atoms with Crippen molar-refractivity contribution in [1.82, 2.24) is 14.9 Å². The lowest BCUT2D eigenvalue weighted by Crippen LogP contribution is -2.44. The van der Waals surface area contributed by atoms with Crippen molar-refractivity contribution < 1.29 is 19.0 Å². The van der Waals surface area contributed by atoms with Crippen LogP contribution in [0, 0.1) is 0 Å². The molecule has 1 aliphatic heterocycles. The minimum Gasteiger partial charge on any atom is -0.497 e. The van der Waals surface area contributed by atoms with Crippen molar-refractivity contribution >= 4 is 17.7 Å². The maximum Gasteiger partial charge on any atom is 0.231 e. The van der Waals surface area contributed by atoms with E-state index in [1.165, 1.54) is 11.8 Å². The number of ether oxygens (including phenoxy) is 3. The number of hydrogen-bond donors (Lipinski definition) is 1. The Morgan fingerprint density at radius 3 is 2.64 bits per heavy atom. The third-order valence-corrected chi connectivity index (χ3v) is 7.19. The van der Waals surface area contributed by atoms with Gasteiger partial charge in [0, 0.05) is 18.1 Å². The average molecular weight is 466 g/mol. The molecule has 5 rings (SSSR count). The zero-order valence-corrected chi connectivity index (χ0v) is 19.4. The number of nitrogens with one attached hydrogen (secondary N) is 1. The van der Waals surface area contributed by atoms with E-state index >= 15 is 0 Å². The fraction of sp³-hybridized carbons (Fsp3) is 0.360. The highest BCUT2D eigenvalue weighted by atomic mass is 32.2. The number of aromatic nitrogens is 2. The monoisotopic (exact) mass is 465 g/mol. The molecule has 3 aromatic rings. The van der Waals surface area contributed by atoms with Gasteiger partial charge in [0.15, 0.2) is 16.7 Å². The largest absolute Gasteiger partial charge is 0.497 e. The summed E-state index contributed by atoms with van der Waals surface area (Å²) in [4.78, 5) is 17.5. The first-order valence-electron chi connectivity index (χ1n) is 11.2. The van der Waals surface area contributed by atoms with E-state index in [-0.39, 0.29) is 11.4 Å². The van der Waals surface area contributed by atoms with Crippen LogP contribution in [0.25, 0.3) is 5.69 Å². The normalized spacial score (nSPS) is 16.4. The van der Waals surface area contributed by atoms with Crippen molar-refractivity contribution in [3.8, 4) is 22.9 Å². The third kappa shape index (κ3) is 4.53. The number of rotatable bonds is 7. The summed E-state index contributed by atoms with van der Waals surface area (Å²) < 4.78 is 18.7. The predicted molar refractivity (Wildman–Crippen MR) is 127 cm³/mol. The van der Waals surface area contributed by atoms with Crippen LogP contribution < -0.4 is 19.5 Å². The fourth-order valence-electron chi connectivity index (χ4n) is 4.57. The van der Waals surface area contributed by atoms with E-state index < -0.39 is 0 Å². The minimum atomic E-state index is -0.362. The van der Waals surface area contributed by atoms with Crippen LogP contribution in [0.4, 0.5) is 0 Å². The van der Waals surface area contributed by atoms with E-state index in [1.54, 1.807) is 13.3 Å². The van der Waals surface area contributed by atoms with Gasteiger partial charge in [-0.1, -0.05) is 30.7 Å². The van der Waals surface area contributed by atoms with E-state index in [9.17, 15) is 4.79 Å². The molecule has 172 valence electrons. The predicted octanol–water partition coefficient (Wildman–Crippen LogP) is 4.33. The van der Waals surface area contributed by atoms with E-state index in [1.807, 2.05) is 47.2 Å². The quantitative estimate of drug-likeness (QED) is 0.524. The van der Waals surface area contributed by atoms with Gasteiger partial charge in [-0.2, -0.15) is 0 Å². The molecule has 0 atom stereocenters. The molecule has 1 amide bonds. The van der Waals surface area contributed by atoms with Gasteiger partial charge in [0.25, 0.3) is 0 Å². The summed E-state index contributed by atoms with van der Waals surface area (Å²) in [6.07, 6.45) is 7.66. The molecule has 1 saturated carbocycles. The van der Waals surface area contributed by atoms with Gasteiger partial charge in [0.05, 0.1) is 18.4 Å². The van der Waals surface area contributed by atoms with Crippen LogP contribution in [0.5, 0.6) is 17.2 Å². The number of carbonyl (C=O) groups is 1. The van der Waals surface area contributed by atoms with Gasteiger partial charge < -0.3 is 19.5 Å². The molecule has 1 aliphatic carbocycles. The molecule has 8 heteroatoms. The molecule has 2 aromatic carbocycles. The first-order valence-corrected chi connectivity index (χ1v) is 12.2. The molecule has 1 N–H and O–H groups in total. The van der Waals surface area contributed by atoms with Crippen LogP contribution in [0.15, 0.2) is 60.0 Å². The van der Waals surface area contributed by atoms with Gasteiger partial charge in [0.2, 0.25) is 5.91 Å². The molecule has 33 heavy (non-hydrogen) atoms. The highest BCUT2D eigenvalue weighted by Gasteiger charge is 2.37. The number of methoxy groups -OCH3 is 1. The Balaban J connectivity index is 1.28. The number of fused-ring (bicyclic) bond motifs is 1. The van der Waals surface area contributed by atoms with Crippen LogP contribution in [0.2, 0.25) is 0 Å². The summed E-state index contributed by atoms with van der Waals surface area (Å²) in [7, 11) is 1.65. The number of imidazole rings is 1.